The summed E-state index contributed by atoms with van der Waals surface area (Å²) in [5, 5.41) is 11.6. The summed E-state index contributed by atoms with van der Waals surface area (Å²) < 4.78 is 13.3. The number of carbonyl (C=O) groups is 2. The van der Waals surface area contributed by atoms with Gasteiger partial charge >= 0.3 is 5.97 Å². The standard InChI is InChI=1S/C15H13FN2O3/c16-11-8-4-7-10(12(11)17)14(19)18-13(15(20)21)9-5-2-1-3-6-9/h1-8,13H,17H2,(H,18,19)(H,20,21). The van der Waals surface area contributed by atoms with Crippen LogP contribution in [0.25, 0.3) is 0 Å². The molecule has 0 aromatic heterocycles. The van der Waals surface area contributed by atoms with Crippen LogP contribution < -0.4 is 11.1 Å². The van der Waals surface area contributed by atoms with Gasteiger partial charge in [0.05, 0.1) is 11.3 Å². The molecule has 0 bridgehead atoms. The fraction of sp³-hybridized carbons (Fsp3) is 0.0667. The minimum Gasteiger partial charge on any atom is -0.479 e. The van der Waals surface area contributed by atoms with Gasteiger partial charge in [-0.25, -0.2) is 9.18 Å². The molecule has 4 N–H and O–H groups in total. The van der Waals surface area contributed by atoms with Crippen molar-refractivity contribution in [1.29, 1.82) is 0 Å². The average molecular weight is 288 g/mol. The van der Waals surface area contributed by atoms with E-state index in [9.17, 15) is 19.1 Å². The molecule has 0 aliphatic carbocycles. The molecule has 0 radical (unpaired) electrons. The van der Waals surface area contributed by atoms with Gasteiger partial charge in [0.1, 0.15) is 5.82 Å². The van der Waals surface area contributed by atoms with Gasteiger partial charge in [0.15, 0.2) is 6.04 Å². The molecular weight excluding hydrogens is 275 g/mol. The molecule has 0 aliphatic rings. The summed E-state index contributed by atoms with van der Waals surface area (Å²) >= 11 is 0. The van der Waals surface area contributed by atoms with Crippen LogP contribution in [-0.2, 0) is 4.79 Å². The summed E-state index contributed by atoms with van der Waals surface area (Å²) in [6.45, 7) is 0. The molecule has 2 aromatic carbocycles. The summed E-state index contributed by atoms with van der Waals surface area (Å²) in [6, 6.07) is 10.8. The first-order valence-corrected chi connectivity index (χ1v) is 6.13. The Morgan fingerprint density at radius 3 is 2.38 bits per heavy atom. The third-order valence-corrected chi connectivity index (χ3v) is 2.95. The fourth-order valence-corrected chi connectivity index (χ4v) is 1.88. The molecule has 0 fully saturated rings. The number of carbonyl (C=O) groups excluding carboxylic acids is 1. The number of para-hydroxylation sites is 1. The second-order valence-corrected chi connectivity index (χ2v) is 4.36. The number of aliphatic carboxylic acids is 1. The molecule has 6 heteroatoms. The van der Waals surface area contributed by atoms with E-state index in [4.69, 9.17) is 5.73 Å². The van der Waals surface area contributed by atoms with Gasteiger partial charge < -0.3 is 16.2 Å². The zero-order valence-corrected chi connectivity index (χ0v) is 10.9. The van der Waals surface area contributed by atoms with E-state index in [-0.39, 0.29) is 11.3 Å². The molecular formula is C15H13FN2O3. The molecule has 5 nitrogen and oxygen atoms in total. The number of carboxylic acid groups (broad SMARTS) is 1. The van der Waals surface area contributed by atoms with Crippen molar-refractivity contribution in [2.24, 2.45) is 0 Å². The van der Waals surface area contributed by atoms with Crippen LogP contribution in [0.4, 0.5) is 10.1 Å². The fourth-order valence-electron chi connectivity index (χ4n) is 1.88. The largest absolute Gasteiger partial charge is 0.479 e. The Labute approximate surface area is 120 Å². The first-order valence-electron chi connectivity index (χ1n) is 6.13. The van der Waals surface area contributed by atoms with Crippen LogP contribution in [0.1, 0.15) is 22.0 Å². The number of hydrogen-bond donors (Lipinski definition) is 3. The number of nitrogens with two attached hydrogens (primary N) is 1. The van der Waals surface area contributed by atoms with E-state index in [0.29, 0.717) is 5.56 Å². The van der Waals surface area contributed by atoms with Crippen molar-refractivity contribution < 1.29 is 19.1 Å². The third kappa shape index (κ3) is 3.17. The maximum atomic E-state index is 13.3. The molecule has 1 unspecified atom stereocenters. The second kappa shape index (κ2) is 6.04. The minimum atomic E-state index is -1.23. The number of benzene rings is 2. The molecule has 1 atom stereocenters. The Kier molecular flexibility index (Phi) is 4.18. The SMILES string of the molecule is Nc1c(F)cccc1C(=O)NC(C(=O)O)c1ccccc1. The Morgan fingerprint density at radius 1 is 1.10 bits per heavy atom. The van der Waals surface area contributed by atoms with Gasteiger partial charge in [-0.3, -0.25) is 4.79 Å². The van der Waals surface area contributed by atoms with Crippen molar-refractivity contribution in [2.75, 3.05) is 5.73 Å². The van der Waals surface area contributed by atoms with Crippen LogP contribution in [-0.4, -0.2) is 17.0 Å². The lowest BCUT2D eigenvalue weighted by Gasteiger charge is -2.15. The van der Waals surface area contributed by atoms with Crippen LogP contribution >= 0.6 is 0 Å². The van der Waals surface area contributed by atoms with Crippen LogP contribution in [0.2, 0.25) is 0 Å². The lowest BCUT2D eigenvalue weighted by molar-refractivity contribution is -0.139. The Balaban J connectivity index is 2.28. The van der Waals surface area contributed by atoms with Gasteiger partial charge in [0, 0.05) is 0 Å². The van der Waals surface area contributed by atoms with Crippen molar-refractivity contribution in [2.45, 2.75) is 6.04 Å². The smallest absolute Gasteiger partial charge is 0.330 e. The Bertz CT molecular complexity index is 674. The normalized spacial score (nSPS) is 11.7. The maximum Gasteiger partial charge on any atom is 0.330 e. The van der Waals surface area contributed by atoms with Gasteiger partial charge in [-0.1, -0.05) is 36.4 Å². The molecule has 0 saturated carbocycles. The number of halogens is 1. The van der Waals surface area contributed by atoms with Gasteiger partial charge in [-0.15, -0.1) is 0 Å². The van der Waals surface area contributed by atoms with E-state index >= 15 is 0 Å². The maximum absolute atomic E-state index is 13.3. The van der Waals surface area contributed by atoms with E-state index in [1.54, 1.807) is 30.3 Å². The second-order valence-electron chi connectivity index (χ2n) is 4.36. The number of nitrogen functional groups attached to an aromatic ring is 1. The summed E-state index contributed by atoms with van der Waals surface area (Å²) in [6.07, 6.45) is 0. The highest BCUT2D eigenvalue weighted by molar-refractivity contribution is 6.01. The van der Waals surface area contributed by atoms with Crippen molar-refractivity contribution >= 4 is 17.6 Å². The predicted molar refractivity (Wildman–Crippen MR) is 75.1 cm³/mol. The van der Waals surface area contributed by atoms with Crippen LogP contribution in [0.3, 0.4) is 0 Å². The van der Waals surface area contributed by atoms with E-state index in [1.807, 2.05) is 0 Å². The number of hydrogen-bond acceptors (Lipinski definition) is 3. The minimum absolute atomic E-state index is 0.0998. The summed E-state index contributed by atoms with van der Waals surface area (Å²) in [5.41, 5.74) is 5.49. The Morgan fingerprint density at radius 2 is 1.76 bits per heavy atom. The first kappa shape index (κ1) is 14.5. The third-order valence-electron chi connectivity index (χ3n) is 2.95. The summed E-state index contributed by atoms with van der Waals surface area (Å²) in [4.78, 5) is 23.4. The molecule has 2 aromatic rings. The molecule has 21 heavy (non-hydrogen) atoms. The molecule has 0 aliphatic heterocycles. The number of amides is 1. The monoisotopic (exact) mass is 288 g/mol. The number of anilines is 1. The van der Waals surface area contributed by atoms with Gasteiger partial charge in [-0.2, -0.15) is 0 Å². The van der Waals surface area contributed by atoms with Gasteiger partial charge in [0.25, 0.3) is 5.91 Å². The molecule has 108 valence electrons. The summed E-state index contributed by atoms with van der Waals surface area (Å²) in [5.74, 6) is -2.69. The van der Waals surface area contributed by atoms with E-state index in [0.717, 1.165) is 6.07 Å². The molecule has 2 rings (SSSR count). The Hall–Kier alpha value is -2.89. The highest BCUT2D eigenvalue weighted by Crippen LogP contribution is 2.18. The molecule has 0 spiro atoms. The van der Waals surface area contributed by atoms with Crippen LogP contribution in [0.5, 0.6) is 0 Å². The average Bonchev–Trinajstić information content (AvgIpc) is 2.48. The van der Waals surface area contributed by atoms with E-state index in [2.05, 4.69) is 5.32 Å². The van der Waals surface area contributed by atoms with E-state index in [1.165, 1.54) is 12.1 Å². The predicted octanol–water partition coefficient (Wildman–Crippen LogP) is 1.96. The van der Waals surface area contributed by atoms with Crippen molar-refractivity contribution in [1.82, 2.24) is 5.32 Å². The van der Waals surface area contributed by atoms with Gasteiger partial charge in [-0.05, 0) is 17.7 Å². The van der Waals surface area contributed by atoms with Crippen molar-refractivity contribution in [3.63, 3.8) is 0 Å². The molecule has 0 saturated heterocycles. The van der Waals surface area contributed by atoms with Crippen molar-refractivity contribution in [3.8, 4) is 0 Å². The quantitative estimate of drug-likeness (QED) is 0.750. The van der Waals surface area contributed by atoms with E-state index < -0.39 is 23.7 Å². The van der Waals surface area contributed by atoms with Crippen LogP contribution in [0, 0.1) is 5.82 Å². The van der Waals surface area contributed by atoms with Crippen LogP contribution in [0.15, 0.2) is 48.5 Å². The summed E-state index contributed by atoms with van der Waals surface area (Å²) in [7, 11) is 0. The number of carboxylic acids is 1. The topological polar surface area (TPSA) is 92.4 Å². The lowest BCUT2D eigenvalue weighted by atomic mass is 10.1. The first-order chi connectivity index (χ1) is 10.0. The molecule has 1 amide bonds. The highest BCUT2D eigenvalue weighted by Gasteiger charge is 2.23. The zero-order valence-electron chi connectivity index (χ0n) is 10.9. The van der Waals surface area contributed by atoms with Crippen molar-refractivity contribution in [3.05, 3.63) is 65.5 Å². The highest BCUT2D eigenvalue weighted by atomic mass is 19.1. The van der Waals surface area contributed by atoms with Gasteiger partial charge in [0.2, 0.25) is 0 Å². The lowest BCUT2D eigenvalue weighted by Crippen LogP contribution is -2.34. The number of rotatable bonds is 4. The molecule has 0 heterocycles. The number of nitrogens with one attached hydrogen (secondary N) is 1. The zero-order chi connectivity index (χ0) is 15.4.